The summed E-state index contributed by atoms with van der Waals surface area (Å²) in [7, 11) is 0. The van der Waals surface area contributed by atoms with Gasteiger partial charge in [-0.2, -0.15) is 0 Å². The molecule has 2 aromatic heterocycles. The van der Waals surface area contributed by atoms with E-state index in [1.807, 2.05) is 86.9 Å². The Bertz CT molecular complexity index is 1190. The van der Waals surface area contributed by atoms with Crippen molar-refractivity contribution >= 4 is 23.4 Å². The number of amides is 1. The lowest BCUT2D eigenvalue weighted by Crippen LogP contribution is -2.23. The number of hydrogen-bond donors (Lipinski definition) is 1. The van der Waals surface area contributed by atoms with Crippen molar-refractivity contribution in [3.63, 3.8) is 0 Å². The molecule has 0 saturated heterocycles. The zero-order valence-electron chi connectivity index (χ0n) is 17.9. The van der Waals surface area contributed by atoms with Crippen LogP contribution in [-0.2, 0) is 4.79 Å². The van der Waals surface area contributed by atoms with Crippen molar-refractivity contribution in [3.05, 3.63) is 77.7 Å². The van der Waals surface area contributed by atoms with Crippen molar-refractivity contribution in [3.8, 4) is 17.1 Å². The van der Waals surface area contributed by atoms with Crippen molar-refractivity contribution < 1.29 is 9.21 Å². The molecule has 0 bridgehead atoms. The fraction of sp³-hybridized carbons (Fsp3) is 0.208. The number of carbonyl (C=O) groups is 1. The van der Waals surface area contributed by atoms with E-state index in [0.29, 0.717) is 11.0 Å². The largest absolute Gasteiger partial charge is 0.469 e. The van der Waals surface area contributed by atoms with Gasteiger partial charge < -0.3 is 9.73 Å². The summed E-state index contributed by atoms with van der Waals surface area (Å²) in [5.74, 6) is 1.37. The number of anilines is 1. The molecule has 2 aromatic carbocycles. The minimum atomic E-state index is -0.371. The first-order chi connectivity index (χ1) is 15.0. The van der Waals surface area contributed by atoms with Crippen molar-refractivity contribution in [2.45, 2.75) is 38.1 Å². The van der Waals surface area contributed by atoms with Gasteiger partial charge in [0.1, 0.15) is 5.76 Å². The average Bonchev–Trinajstić information content (AvgIpc) is 3.37. The van der Waals surface area contributed by atoms with Crippen molar-refractivity contribution in [2.75, 3.05) is 5.32 Å². The molecule has 4 rings (SSSR count). The van der Waals surface area contributed by atoms with E-state index in [2.05, 4.69) is 15.5 Å². The van der Waals surface area contributed by atoms with E-state index in [1.54, 1.807) is 6.26 Å². The van der Waals surface area contributed by atoms with Gasteiger partial charge in [0.15, 0.2) is 11.0 Å². The molecule has 4 aromatic rings. The maximum Gasteiger partial charge on any atom is 0.237 e. The number of para-hydroxylation sites is 2. The van der Waals surface area contributed by atoms with Crippen LogP contribution in [0.5, 0.6) is 0 Å². The fourth-order valence-electron chi connectivity index (χ4n) is 3.40. The predicted molar refractivity (Wildman–Crippen MR) is 124 cm³/mol. The Labute approximate surface area is 185 Å². The summed E-state index contributed by atoms with van der Waals surface area (Å²) in [6.07, 6.45) is 1.64. The molecular formula is C24H24N4O2S. The number of benzene rings is 2. The molecule has 0 fully saturated rings. The highest BCUT2D eigenvalue weighted by molar-refractivity contribution is 8.00. The highest BCUT2D eigenvalue weighted by Gasteiger charge is 2.23. The first kappa shape index (κ1) is 20.9. The Hall–Kier alpha value is -3.32. The quantitative estimate of drug-likeness (QED) is 0.403. The SMILES string of the molecule is Cc1cccc(C)c1NC(=O)C(C)Sc1nnc(-c2ccoc2C)n1-c1ccccc1. The standard InChI is InChI=1S/C24H24N4O2S/c1-15-9-8-10-16(2)21(15)25-23(29)18(4)31-24-27-26-22(20-13-14-30-17(20)3)28(24)19-11-6-5-7-12-19/h5-14,18H,1-4H3,(H,25,29). The second-order valence-corrected chi connectivity index (χ2v) is 8.69. The number of aromatic nitrogens is 3. The summed E-state index contributed by atoms with van der Waals surface area (Å²) in [5, 5.41) is 12.2. The van der Waals surface area contributed by atoms with Crippen LogP contribution in [0.15, 0.2) is 70.4 Å². The number of nitrogens with one attached hydrogen (secondary N) is 1. The van der Waals surface area contributed by atoms with Crippen LogP contribution in [0.4, 0.5) is 5.69 Å². The summed E-state index contributed by atoms with van der Waals surface area (Å²) in [5.41, 5.74) is 4.73. The molecule has 1 N–H and O–H groups in total. The van der Waals surface area contributed by atoms with E-state index in [1.165, 1.54) is 11.8 Å². The first-order valence-corrected chi connectivity index (χ1v) is 10.9. The molecule has 7 heteroatoms. The van der Waals surface area contributed by atoms with E-state index in [9.17, 15) is 4.79 Å². The third-order valence-corrected chi connectivity index (χ3v) is 6.17. The second-order valence-electron chi connectivity index (χ2n) is 7.38. The van der Waals surface area contributed by atoms with Crippen LogP contribution < -0.4 is 5.32 Å². The van der Waals surface area contributed by atoms with Gasteiger partial charge in [0, 0.05) is 11.4 Å². The second kappa shape index (κ2) is 8.81. The Kier molecular flexibility index (Phi) is 5.95. The minimum Gasteiger partial charge on any atom is -0.469 e. The van der Waals surface area contributed by atoms with Crippen LogP contribution in [0.1, 0.15) is 23.8 Å². The van der Waals surface area contributed by atoms with Gasteiger partial charge in [-0.15, -0.1) is 10.2 Å². The molecule has 0 radical (unpaired) electrons. The minimum absolute atomic E-state index is 0.0777. The topological polar surface area (TPSA) is 73.0 Å². The summed E-state index contributed by atoms with van der Waals surface area (Å²) in [4.78, 5) is 13.0. The molecule has 31 heavy (non-hydrogen) atoms. The molecule has 1 unspecified atom stereocenters. The monoisotopic (exact) mass is 432 g/mol. The van der Waals surface area contributed by atoms with Crippen LogP contribution in [0, 0.1) is 20.8 Å². The summed E-state index contributed by atoms with van der Waals surface area (Å²) < 4.78 is 7.44. The van der Waals surface area contributed by atoms with Crippen LogP contribution in [-0.4, -0.2) is 25.9 Å². The normalized spacial score (nSPS) is 12.0. The molecule has 1 amide bonds. The fourth-order valence-corrected chi connectivity index (χ4v) is 4.26. The molecule has 0 aliphatic heterocycles. The maximum atomic E-state index is 13.0. The van der Waals surface area contributed by atoms with Crippen LogP contribution in [0.3, 0.4) is 0 Å². The summed E-state index contributed by atoms with van der Waals surface area (Å²) >= 11 is 1.37. The van der Waals surface area contributed by atoms with Gasteiger partial charge in [-0.3, -0.25) is 9.36 Å². The molecule has 1 atom stereocenters. The highest BCUT2D eigenvalue weighted by atomic mass is 32.2. The summed E-state index contributed by atoms with van der Waals surface area (Å²) in [6.45, 7) is 7.76. The molecule has 0 aliphatic carbocycles. The Morgan fingerprint density at radius 2 is 1.71 bits per heavy atom. The lowest BCUT2D eigenvalue weighted by atomic mass is 10.1. The number of furan rings is 1. The molecular weight excluding hydrogens is 408 g/mol. The van der Waals surface area contributed by atoms with Crippen LogP contribution >= 0.6 is 11.8 Å². The van der Waals surface area contributed by atoms with Crippen LogP contribution in [0.2, 0.25) is 0 Å². The molecule has 158 valence electrons. The number of thioether (sulfide) groups is 1. The van der Waals surface area contributed by atoms with Gasteiger partial charge in [0.2, 0.25) is 5.91 Å². The van der Waals surface area contributed by atoms with Gasteiger partial charge in [0.25, 0.3) is 0 Å². The number of nitrogens with zero attached hydrogens (tertiary/aromatic N) is 3. The van der Waals surface area contributed by atoms with E-state index >= 15 is 0 Å². The Morgan fingerprint density at radius 3 is 2.35 bits per heavy atom. The number of aryl methyl sites for hydroxylation is 3. The molecule has 0 saturated carbocycles. The van der Waals surface area contributed by atoms with Gasteiger partial charge >= 0.3 is 0 Å². The number of carbonyl (C=O) groups excluding carboxylic acids is 1. The van der Waals surface area contributed by atoms with Gasteiger partial charge in [-0.1, -0.05) is 48.2 Å². The smallest absolute Gasteiger partial charge is 0.237 e. The lowest BCUT2D eigenvalue weighted by Gasteiger charge is -2.16. The van der Waals surface area contributed by atoms with E-state index in [4.69, 9.17) is 4.42 Å². The van der Waals surface area contributed by atoms with Crippen molar-refractivity contribution in [2.24, 2.45) is 0 Å². The van der Waals surface area contributed by atoms with Crippen LogP contribution in [0.25, 0.3) is 17.1 Å². The molecule has 2 heterocycles. The number of rotatable bonds is 6. The van der Waals surface area contributed by atoms with E-state index < -0.39 is 0 Å². The van der Waals surface area contributed by atoms with Gasteiger partial charge in [-0.25, -0.2) is 0 Å². The first-order valence-electron chi connectivity index (χ1n) is 10.0. The third kappa shape index (κ3) is 4.27. The third-order valence-electron chi connectivity index (χ3n) is 5.13. The van der Waals surface area contributed by atoms with Crippen molar-refractivity contribution in [1.82, 2.24) is 14.8 Å². The Morgan fingerprint density at radius 1 is 1.00 bits per heavy atom. The number of hydrogen-bond acceptors (Lipinski definition) is 5. The lowest BCUT2D eigenvalue weighted by molar-refractivity contribution is -0.115. The Balaban J connectivity index is 1.65. The van der Waals surface area contributed by atoms with Crippen molar-refractivity contribution in [1.29, 1.82) is 0 Å². The van der Waals surface area contributed by atoms with Gasteiger partial charge in [-0.05, 0) is 57.0 Å². The zero-order valence-corrected chi connectivity index (χ0v) is 18.7. The molecule has 0 aliphatic rings. The predicted octanol–water partition coefficient (Wildman–Crippen LogP) is 5.57. The highest BCUT2D eigenvalue weighted by Crippen LogP contribution is 2.32. The average molecular weight is 433 g/mol. The summed E-state index contributed by atoms with van der Waals surface area (Å²) in [6, 6.07) is 17.7. The van der Waals surface area contributed by atoms with E-state index in [-0.39, 0.29) is 11.2 Å². The van der Waals surface area contributed by atoms with E-state index in [0.717, 1.165) is 33.8 Å². The zero-order chi connectivity index (χ0) is 22.0. The maximum absolute atomic E-state index is 13.0. The van der Waals surface area contributed by atoms with Gasteiger partial charge in [0.05, 0.1) is 17.1 Å². The molecule has 6 nitrogen and oxygen atoms in total. The molecule has 0 spiro atoms.